The Morgan fingerprint density at radius 3 is 2.83 bits per heavy atom. The molecule has 0 atom stereocenters. The highest BCUT2D eigenvalue weighted by Crippen LogP contribution is 2.30. The average Bonchev–Trinajstić information content (AvgIpc) is 2.08. The van der Waals surface area contributed by atoms with Crippen LogP contribution in [0.4, 0.5) is 0 Å². The second-order valence-corrected chi connectivity index (χ2v) is 3.22. The van der Waals surface area contributed by atoms with Crippen LogP contribution in [0.25, 0.3) is 0 Å². The molecule has 0 unspecified atom stereocenters. The van der Waals surface area contributed by atoms with E-state index in [4.69, 9.17) is 0 Å². The van der Waals surface area contributed by atoms with Gasteiger partial charge in [-0.3, -0.25) is 4.79 Å². The molecule has 0 heterocycles. The molecule has 0 N–H and O–H groups in total. The van der Waals surface area contributed by atoms with E-state index in [9.17, 15) is 4.79 Å². The molecule has 0 aromatic heterocycles. The lowest BCUT2D eigenvalue weighted by Crippen LogP contribution is -2.17. The van der Waals surface area contributed by atoms with Gasteiger partial charge in [-0.15, -0.1) is 6.58 Å². The van der Waals surface area contributed by atoms with Crippen LogP contribution < -0.4 is 0 Å². The van der Waals surface area contributed by atoms with Crippen LogP contribution in [-0.4, -0.2) is 5.78 Å². The van der Waals surface area contributed by atoms with Gasteiger partial charge in [0.1, 0.15) is 0 Å². The van der Waals surface area contributed by atoms with Crippen molar-refractivity contribution >= 4 is 5.78 Å². The van der Waals surface area contributed by atoms with Gasteiger partial charge in [-0.1, -0.05) is 18.6 Å². The number of carbonyl (C=O) groups is 1. The molecule has 0 saturated carbocycles. The summed E-state index contributed by atoms with van der Waals surface area (Å²) in [5, 5.41) is 0. The maximum atomic E-state index is 11.1. The third-order valence-electron chi connectivity index (χ3n) is 2.40. The highest BCUT2D eigenvalue weighted by atomic mass is 16.1. The summed E-state index contributed by atoms with van der Waals surface area (Å²) in [7, 11) is 0. The van der Waals surface area contributed by atoms with E-state index in [0.29, 0.717) is 5.78 Å². The SMILES string of the molecule is C=CCCCC1=C(CC)CC1=O. The van der Waals surface area contributed by atoms with Crippen molar-refractivity contribution in [3.8, 4) is 0 Å². The van der Waals surface area contributed by atoms with E-state index in [1.54, 1.807) is 0 Å². The number of Topliss-reactive ketones (excluding diaryl/α,β-unsaturated/α-hetero) is 1. The highest BCUT2D eigenvalue weighted by molar-refractivity contribution is 6.04. The molecule has 1 heteroatoms. The Hall–Kier alpha value is -0.850. The predicted molar refractivity (Wildman–Crippen MR) is 51.0 cm³/mol. The van der Waals surface area contributed by atoms with Gasteiger partial charge in [0, 0.05) is 6.42 Å². The summed E-state index contributed by atoms with van der Waals surface area (Å²) < 4.78 is 0. The standard InChI is InChI=1S/C11H16O/c1-3-5-6-7-10-9(4-2)8-11(10)12/h3H,1,4-8H2,2H3. The lowest BCUT2D eigenvalue weighted by Gasteiger charge is -2.21. The summed E-state index contributed by atoms with van der Waals surface area (Å²) in [6.45, 7) is 5.78. The molecule has 1 aliphatic rings. The fraction of sp³-hybridized carbons (Fsp3) is 0.545. The van der Waals surface area contributed by atoms with E-state index in [0.717, 1.165) is 37.7 Å². The van der Waals surface area contributed by atoms with Crippen molar-refractivity contribution in [3.05, 3.63) is 23.8 Å². The van der Waals surface area contributed by atoms with E-state index in [2.05, 4.69) is 13.5 Å². The normalized spacial score (nSPS) is 16.2. The van der Waals surface area contributed by atoms with Crippen LogP contribution in [0.2, 0.25) is 0 Å². The Bertz CT molecular complexity index is 223. The maximum Gasteiger partial charge on any atom is 0.162 e. The summed E-state index contributed by atoms with van der Waals surface area (Å²) in [5.74, 6) is 0.371. The van der Waals surface area contributed by atoms with Crippen LogP contribution in [0.3, 0.4) is 0 Å². The Labute approximate surface area is 74.2 Å². The second kappa shape index (κ2) is 4.24. The van der Waals surface area contributed by atoms with Gasteiger partial charge in [0.05, 0.1) is 0 Å². The third-order valence-corrected chi connectivity index (χ3v) is 2.40. The van der Waals surface area contributed by atoms with Gasteiger partial charge in [0.15, 0.2) is 5.78 Å². The average molecular weight is 164 g/mol. The van der Waals surface area contributed by atoms with E-state index in [-0.39, 0.29) is 0 Å². The van der Waals surface area contributed by atoms with Crippen molar-refractivity contribution in [2.45, 2.75) is 39.0 Å². The lowest BCUT2D eigenvalue weighted by atomic mass is 9.82. The van der Waals surface area contributed by atoms with Gasteiger partial charge in [-0.2, -0.15) is 0 Å². The molecule has 0 fully saturated rings. The van der Waals surface area contributed by atoms with Gasteiger partial charge >= 0.3 is 0 Å². The predicted octanol–water partition coefficient (Wildman–Crippen LogP) is 3.02. The van der Waals surface area contributed by atoms with Crippen LogP contribution >= 0.6 is 0 Å². The van der Waals surface area contributed by atoms with E-state index < -0.39 is 0 Å². The first kappa shape index (κ1) is 9.24. The summed E-state index contributed by atoms with van der Waals surface area (Å²) in [5.41, 5.74) is 2.49. The molecule has 0 radical (unpaired) electrons. The topological polar surface area (TPSA) is 17.1 Å². The largest absolute Gasteiger partial charge is 0.294 e. The highest BCUT2D eigenvalue weighted by Gasteiger charge is 2.23. The lowest BCUT2D eigenvalue weighted by molar-refractivity contribution is -0.116. The zero-order valence-corrected chi connectivity index (χ0v) is 7.73. The first-order valence-electron chi connectivity index (χ1n) is 4.64. The zero-order chi connectivity index (χ0) is 8.97. The fourth-order valence-corrected chi connectivity index (χ4v) is 1.58. The smallest absolute Gasteiger partial charge is 0.162 e. The number of rotatable bonds is 5. The number of hydrogen-bond donors (Lipinski definition) is 0. The van der Waals surface area contributed by atoms with E-state index >= 15 is 0 Å². The first-order valence-corrected chi connectivity index (χ1v) is 4.64. The summed E-state index contributed by atoms with van der Waals surface area (Å²) in [4.78, 5) is 11.1. The molecular formula is C11H16O. The summed E-state index contributed by atoms with van der Waals surface area (Å²) in [6, 6.07) is 0. The second-order valence-electron chi connectivity index (χ2n) is 3.22. The van der Waals surface area contributed by atoms with Gasteiger partial charge in [-0.25, -0.2) is 0 Å². The summed E-state index contributed by atoms with van der Waals surface area (Å²) >= 11 is 0. The van der Waals surface area contributed by atoms with Crippen LogP contribution in [0, 0.1) is 0 Å². The molecule has 0 aromatic carbocycles. The molecule has 0 aromatic rings. The molecule has 1 rings (SSSR count). The first-order chi connectivity index (χ1) is 5.79. The molecule has 0 aliphatic heterocycles. The van der Waals surface area contributed by atoms with Crippen LogP contribution in [0.5, 0.6) is 0 Å². The van der Waals surface area contributed by atoms with E-state index in [1.807, 2.05) is 6.08 Å². The number of carbonyl (C=O) groups excluding carboxylic acids is 1. The molecular weight excluding hydrogens is 148 g/mol. The van der Waals surface area contributed by atoms with Crippen molar-refractivity contribution in [1.82, 2.24) is 0 Å². The van der Waals surface area contributed by atoms with Crippen molar-refractivity contribution in [3.63, 3.8) is 0 Å². The molecule has 0 amide bonds. The molecule has 0 saturated heterocycles. The third kappa shape index (κ3) is 1.84. The van der Waals surface area contributed by atoms with Crippen LogP contribution in [0.1, 0.15) is 39.0 Å². The van der Waals surface area contributed by atoms with Gasteiger partial charge in [-0.05, 0) is 31.3 Å². The Morgan fingerprint density at radius 1 is 1.58 bits per heavy atom. The Kier molecular flexibility index (Phi) is 3.27. The van der Waals surface area contributed by atoms with Crippen LogP contribution in [-0.2, 0) is 4.79 Å². The maximum absolute atomic E-state index is 11.1. The summed E-state index contributed by atoms with van der Waals surface area (Å²) in [6.07, 6.45) is 6.75. The fourth-order valence-electron chi connectivity index (χ4n) is 1.58. The number of hydrogen-bond acceptors (Lipinski definition) is 1. The minimum atomic E-state index is 0.371. The number of unbranched alkanes of at least 4 members (excludes halogenated alkanes) is 1. The molecule has 66 valence electrons. The molecule has 1 nitrogen and oxygen atoms in total. The quantitative estimate of drug-likeness (QED) is 0.451. The number of allylic oxidation sites excluding steroid dienone is 3. The molecule has 1 aliphatic carbocycles. The van der Waals surface area contributed by atoms with E-state index in [1.165, 1.54) is 5.57 Å². The molecule has 0 spiro atoms. The monoisotopic (exact) mass is 164 g/mol. The molecule has 0 bridgehead atoms. The van der Waals surface area contributed by atoms with Crippen molar-refractivity contribution in [1.29, 1.82) is 0 Å². The van der Waals surface area contributed by atoms with Crippen LogP contribution in [0.15, 0.2) is 23.8 Å². The minimum absolute atomic E-state index is 0.371. The Morgan fingerprint density at radius 2 is 2.33 bits per heavy atom. The Balaban J connectivity index is 2.39. The van der Waals surface area contributed by atoms with Crippen molar-refractivity contribution in [2.24, 2.45) is 0 Å². The van der Waals surface area contributed by atoms with Crippen molar-refractivity contribution in [2.75, 3.05) is 0 Å². The van der Waals surface area contributed by atoms with Gasteiger partial charge in [0.25, 0.3) is 0 Å². The van der Waals surface area contributed by atoms with Gasteiger partial charge in [0.2, 0.25) is 0 Å². The minimum Gasteiger partial charge on any atom is -0.294 e. The van der Waals surface area contributed by atoms with Gasteiger partial charge < -0.3 is 0 Å². The van der Waals surface area contributed by atoms with Crippen molar-refractivity contribution < 1.29 is 4.79 Å². The number of ketones is 1. The molecule has 12 heavy (non-hydrogen) atoms. The zero-order valence-electron chi connectivity index (χ0n) is 7.73.